The number of carbonyl (C=O) groups excluding carboxylic acids is 1. The summed E-state index contributed by atoms with van der Waals surface area (Å²) in [6, 6.07) is 0. The Morgan fingerprint density at radius 1 is 1.29 bits per heavy atom. The molecule has 1 aliphatic rings. The number of carbonyl (C=O) groups is 2. The Morgan fingerprint density at radius 3 is 2.54 bits per heavy atom. The molecular weight excluding hydrogens is 329 g/mol. The molecule has 0 aromatic carbocycles. The third kappa shape index (κ3) is 5.50. The van der Waals surface area contributed by atoms with Crippen LogP contribution >= 0.6 is 0 Å². The average molecular weight is 348 g/mol. The van der Waals surface area contributed by atoms with Gasteiger partial charge in [0, 0.05) is 6.42 Å². The molecule has 1 heterocycles. The van der Waals surface area contributed by atoms with Crippen LogP contribution in [-0.4, -0.2) is 38.2 Å². The van der Waals surface area contributed by atoms with E-state index in [2.05, 4.69) is 15.6 Å². The lowest BCUT2D eigenvalue weighted by Crippen LogP contribution is -2.30. The summed E-state index contributed by atoms with van der Waals surface area (Å²) in [6.45, 7) is -0.209. The van der Waals surface area contributed by atoms with Gasteiger partial charge in [0.2, 0.25) is 5.91 Å². The molecule has 0 unspecified atom stereocenters. The maximum atomic E-state index is 12.6. The maximum absolute atomic E-state index is 12.6. The van der Waals surface area contributed by atoms with Gasteiger partial charge in [-0.2, -0.15) is 13.2 Å². The highest BCUT2D eigenvalue weighted by molar-refractivity contribution is 5.76. The number of hydrogen-bond donors (Lipinski definition) is 2. The van der Waals surface area contributed by atoms with Crippen molar-refractivity contribution in [3.8, 4) is 0 Å². The Balaban J connectivity index is 1.70. The Kier molecular flexibility index (Phi) is 5.79. The van der Waals surface area contributed by atoms with Crippen molar-refractivity contribution in [2.24, 2.45) is 11.8 Å². The summed E-state index contributed by atoms with van der Waals surface area (Å²) < 4.78 is 38.9. The highest BCUT2D eigenvalue weighted by Gasteiger charge is 2.41. The van der Waals surface area contributed by atoms with E-state index in [4.69, 9.17) is 5.11 Å². The van der Waals surface area contributed by atoms with Crippen LogP contribution < -0.4 is 5.32 Å². The minimum Gasteiger partial charge on any atom is -0.480 e. The highest BCUT2D eigenvalue weighted by atomic mass is 19.4. The fourth-order valence-electron chi connectivity index (χ4n) is 2.85. The molecule has 1 aromatic rings. The summed E-state index contributed by atoms with van der Waals surface area (Å²) in [4.78, 5) is 22.4. The smallest absolute Gasteiger partial charge is 0.391 e. The first-order valence-corrected chi connectivity index (χ1v) is 7.68. The van der Waals surface area contributed by atoms with Crippen LogP contribution in [0.2, 0.25) is 0 Å². The van der Waals surface area contributed by atoms with Gasteiger partial charge in [-0.3, -0.25) is 9.59 Å². The molecule has 0 bridgehead atoms. The first-order chi connectivity index (χ1) is 11.2. The number of carboxylic acid groups (broad SMARTS) is 1. The lowest BCUT2D eigenvalue weighted by Gasteiger charge is -2.29. The van der Waals surface area contributed by atoms with Gasteiger partial charge in [-0.1, -0.05) is 5.21 Å². The van der Waals surface area contributed by atoms with E-state index in [1.807, 2.05) is 0 Å². The van der Waals surface area contributed by atoms with Crippen LogP contribution in [0.3, 0.4) is 0 Å². The summed E-state index contributed by atoms with van der Waals surface area (Å²) >= 11 is 0. The second-order valence-electron chi connectivity index (χ2n) is 6.04. The van der Waals surface area contributed by atoms with Crippen molar-refractivity contribution < 1.29 is 27.9 Å². The number of carboxylic acids is 1. The standard InChI is InChI=1S/C14H19F3N4O3/c15-14(16,17)10-3-1-9(2-4-10)5-12(22)18-6-11-7-21(20-19-11)8-13(23)24/h7,9-10H,1-6,8H2,(H,18,22)(H,23,24). The van der Waals surface area contributed by atoms with Gasteiger partial charge in [-0.05, 0) is 31.6 Å². The fraction of sp³-hybridized carbons (Fsp3) is 0.714. The predicted octanol–water partition coefficient (Wildman–Crippen LogP) is 1.74. The summed E-state index contributed by atoms with van der Waals surface area (Å²) in [7, 11) is 0. The normalized spacial score (nSPS) is 21.5. The van der Waals surface area contributed by atoms with E-state index in [0.717, 1.165) is 4.68 Å². The zero-order chi connectivity index (χ0) is 17.7. The molecule has 0 radical (unpaired) electrons. The SMILES string of the molecule is O=C(O)Cn1cc(CNC(=O)CC2CCC(C(F)(F)F)CC2)nn1. The van der Waals surface area contributed by atoms with Crippen molar-refractivity contribution in [3.63, 3.8) is 0 Å². The summed E-state index contributed by atoms with van der Waals surface area (Å²) in [5.74, 6) is -2.59. The van der Waals surface area contributed by atoms with Crippen LogP contribution in [0.4, 0.5) is 13.2 Å². The van der Waals surface area contributed by atoms with Gasteiger partial charge in [-0.25, -0.2) is 4.68 Å². The second-order valence-corrected chi connectivity index (χ2v) is 6.04. The highest BCUT2D eigenvalue weighted by Crippen LogP contribution is 2.40. The quantitative estimate of drug-likeness (QED) is 0.816. The van der Waals surface area contributed by atoms with Crippen LogP contribution in [0.5, 0.6) is 0 Å². The van der Waals surface area contributed by atoms with Crippen LogP contribution in [0, 0.1) is 11.8 Å². The fourth-order valence-corrected chi connectivity index (χ4v) is 2.85. The van der Waals surface area contributed by atoms with Crippen molar-refractivity contribution in [1.29, 1.82) is 0 Å². The molecular formula is C14H19F3N4O3. The number of alkyl halides is 3. The number of aliphatic carboxylic acids is 1. The Bertz CT molecular complexity index is 580. The summed E-state index contributed by atoms with van der Waals surface area (Å²) in [5.41, 5.74) is 0.422. The molecule has 1 aromatic heterocycles. The molecule has 1 saturated carbocycles. The summed E-state index contributed by atoms with van der Waals surface area (Å²) in [5, 5.41) is 18.6. The molecule has 1 amide bonds. The predicted molar refractivity (Wildman–Crippen MR) is 75.6 cm³/mol. The van der Waals surface area contributed by atoms with Gasteiger partial charge in [0.15, 0.2) is 0 Å². The minimum atomic E-state index is -4.14. The Morgan fingerprint density at radius 2 is 1.96 bits per heavy atom. The molecule has 2 rings (SSSR count). The van der Waals surface area contributed by atoms with Crippen LogP contribution in [0.15, 0.2) is 6.20 Å². The van der Waals surface area contributed by atoms with Crippen LogP contribution in [-0.2, 0) is 22.7 Å². The van der Waals surface area contributed by atoms with Crippen molar-refractivity contribution in [3.05, 3.63) is 11.9 Å². The number of nitrogens with zero attached hydrogens (tertiary/aromatic N) is 3. The molecule has 0 atom stereocenters. The Hall–Kier alpha value is -2.13. The lowest BCUT2D eigenvalue weighted by molar-refractivity contribution is -0.184. The van der Waals surface area contributed by atoms with Gasteiger partial charge in [-0.15, -0.1) is 5.10 Å². The number of nitrogens with one attached hydrogen (secondary N) is 1. The van der Waals surface area contributed by atoms with E-state index in [1.165, 1.54) is 6.20 Å². The zero-order valence-corrected chi connectivity index (χ0v) is 12.9. The first-order valence-electron chi connectivity index (χ1n) is 7.68. The number of halogens is 3. The first kappa shape index (κ1) is 18.2. The van der Waals surface area contributed by atoms with Gasteiger partial charge in [0.05, 0.1) is 18.7 Å². The van der Waals surface area contributed by atoms with E-state index in [9.17, 15) is 22.8 Å². The average Bonchev–Trinajstić information content (AvgIpc) is 2.91. The molecule has 24 heavy (non-hydrogen) atoms. The molecule has 10 heteroatoms. The van der Waals surface area contributed by atoms with E-state index < -0.39 is 18.1 Å². The molecule has 0 aliphatic heterocycles. The van der Waals surface area contributed by atoms with Crippen molar-refractivity contribution in [2.75, 3.05) is 0 Å². The molecule has 1 aliphatic carbocycles. The van der Waals surface area contributed by atoms with E-state index in [1.54, 1.807) is 0 Å². The number of aromatic nitrogens is 3. The zero-order valence-electron chi connectivity index (χ0n) is 12.9. The molecule has 0 saturated heterocycles. The molecule has 1 fully saturated rings. The topological polar surface area (TPSA) is 97.1 Å². The molecule has 2 N–H and O–H groups in total. The maximum Gasteiger partial charge on any atom is 0.391 e. The van der Waals surface area contributed by atoms with E-state index >= 15 is 0 Å². The second kappa shape index (κ2) is 7.63. The lowest BCUT2D eigenvalue weighted by atomic mass is 9.80. The number of hydrogen-bond acceptors (Lipinski definition) is 4. The largest absolute Gasteiger partial charge is 0.480 e. The third-order valence-electron chi connectivity index (χ3n) is 4.13. The van der Waals surface area contributed by atoms with Crippen LogP contribution in [0.25, 0.3) is 0 Å². The molecule has 7 nitrogen and oxygen atoms in total. The minimum absolute atomic E-state index is 0.0358. The van der Waals surface area contributed by atoms with Crippen LogP contribution in [0.1, 0.15) is 37.8 Å². The van der Waals surface area contributed by atoms with Crippen molar-refractivity contribution >= 4 is 11.9 Å². The van der Waals surface area contributed by atoms with E-state index in [0.29, 0.717) is 18.5 Å². The Labute approximate surface area is 136 Å². The number of rotatable bonds is 6. The van der Waals surface area contributed by atoms with Crippen molar-refractivity contribution in [1.82, 2.24) is 20.3 Å². The van der Waals surface area contributed by atoms with E-state index in [-0.39, 0.29) is 44.2 Å². The number of amides is 1. The van der Waals surface area contributed by atoms with Gasteiger partial charge >= 0.3 is 12.1 Å². The van der Waals surface area contributed by atoms with Gasteiger partial charge in [0.1, 0.15) is 12.2 Å². The molecule has 0 spiro atoms. The van der Waals surface area contributed by atoms with Crippen molar-refractivity contribution in [2.45, 2.75) is 51.4 Å². The third-order valence-corrected chi connectivity index (χ3v) is 4.13. The monoisotopic (exact) mass is 348 g/mol. The van der Waals surface area contributed by atoms with Gasteiger partial charge < -0.3 is 10.4 Å². The van der Waals surface area contributed by atoms with Gasteiger partial charge in [0.25, 0.3) is 0 Å². The summed E-state index contributed by atoms with van der Waals surface area (Å²) in [6.07, 6.45) is -1.60. The molecule has 134 valence electrons.